The molecule has 0 fully saturated rings. The molecule has 98 valence electrons. The molecule has 0 saturated carbocycles. The van der Waals surface area contributed by atoms with Crippen molar-refractivity contribution in [1.82, 2.24) is 9.97 Å². The summed E-state index contributed by atoms with van der Waals surface area (Å²) in [5, 5.41) is 9.02. The van der Waals surface area contributed by atoms with Crippen molar-refractivity contribution in [2.75, 3.05) is 5.43 Å². The van der Waals surface area contributed by atoms with Gasteiger partial charge in [0.1, 0.15) is 11.6 Å². The number of nitriles is 1. The smallest absolute Gasteiger partial charge is 0.270 e. The first kappa shape index (κ1) is 14.7. The van der Waals surface area contributed by atoms with Crippen molar-refractivity contribution in [1.29, 1.82) is 5.26 Å². The number of hydrazine groups is 1. The molecule has 19 heavy (non-hydrogen) atoms. The fraction of sp³-hybridized carbons (Fsp3) is 0.0833. The Kier molecular flexibility index (Phi) is 4.64. The number of H-pyrrole nitrogens is 1. The fourth-order valence-electron chi connectivity index (χ4n) is 1.57. The number of nitrogens with zero attached hydrogens (tertiary/aromatic N) is 2. The lowest BCUT2D eigenvalue weighted by Crippen LogP contribution is -2.20. The Morgan fingerprint density at radius 3 is 2.53 bits per heavy atom. The van der Waals surface area contributed by atoms with E-state index in [4.69, 9.17) is 11.1 Å². The quantitative estimate of drug-likeness (QED) is 0.567. The summed E-state index contributed by atoms with van der Waals surface area (Å²) in [7, 11) is 0. The van der Waals surface area contributed by atoms with Gasteiger partial charge < -0.3 is 0 Å². The number of halogens is 1. The van der Waals surface area contributed by atoms with Crippen LogP contribution >= 0.6 is 12.4 Å². The lowest BCUT2D eigenvalue weighted by Gasteiger charge is -2.06. The number of nitrogens with one attached hydrogen (secondary N) is 2. The zero-order valence-electron chi connectivity index (χ0n) is 10.1. The van der Waals surface area contributed by atoms with Gasteiger partial charge in [0.05, 0.1) is 5.69 Å². The Balaban J connectivity index is 0.00000180. The van der Waals surface area contributed by atoms with Crippen LogP contribution in [0.15, 0.2) is 29.1 Å². The largest absolute Gasteiger partial charge is 0.294 e. The van der Waals surface area contributed by atoms with Gasteiger partial charge in [0, 0.05) is 5.56 Å². The number of nitrogen functional groups attached to an aromatic ring is 1. The van der Waals surface area contributed by atoms with E-state index in [-0.39, 0.29) is 23.9 Å². The standard InChI is InChI=1S/C12H11N5O.ClH/c1-7-2-4-8(5-3-7)10-9(6-13)11(18)16-12(15-10)17-14;/h2-5H,14H2,1H3,(H2,15,16,17,18);1H. The Morgan fingerprint density at radius 1 is 1.37 bits per heavy atom. The van der Waals surface area contributed by atoms with E-state index in [1.165, 1.54) is 0 Å². The second kappa shape index (κ2) is 6.00. The molecule has 0 aliphatic rings. The summed E-state index contributed by atoms with van der Waals surface area (Å²) < 4.78 is 0. The SMILES string of the molecule is Cc1ccc(-c2nc(NN)[nH]c(=O)c2C#N)cc1.Cl. The van der Waals surface area contributed by atoms with Crippen LogP contribution in [-0.4, -0.2) is 9.97 Å². The van der Waals surface area contributed by atoms with E-state index in [1.54, 1.807) is 12.1 Å². The van der Waals surface area contributed by atoms with E-state index in [9.17, 15) is 4.79 Å². The summed E-state index contributed by atoms with van der Waals surface area (Å²) in [4.78, 5) is 18.2. The molecule has 0 aliphatic heterocycles. The Bertz CT molecular complexity index is 672. The third-order valence-corrected chi connectivity index (χ3v) is 2.49. The number of nitrogens with two attached hydrogens (primary N) is 1. The second-order valence-corrected chi connectivity index (χ2v) is 3.76. The Morgan fingerprint density at radius 2 is 2.00 bits per heavy atom. The monoisotopic (exact) mass is 277 g/mol. The van der Waals surface area contributed by atoms with Crippen LogP contribution in [0.1, 0.15) is 11.1 Å². The fourth-order valence-corrected chi connectivity index (χ4v) is 1.57. The first-order chi connectivity index (χ1) is 8.65. The summed E-state index contributed by atoms with van der Waals surface area (Å²) in [5.74, 6) is 5.34. The molecule has 0 bridgehead atoms. The van der Waals surface area contributed by atoms with Crippen LogP contribution < -0.4 is 16.8 Å². The number of aryl methyl sites for hydroxylation is 1. The minimum Gasteiger partial charge on any atom is -0.294 e. The van der Waals surface area contributed by atoms with Gasteiger partial charge in [0.2, 0.25) is 5.95 Å². The second-order valence-electron chi connectivity index (χ2n) is 3.76. The molecule has 7 heteroatoms. The predicted molar refractivity (Wildman–Crippen MR) is 74.8 cm³/mol. The molecule has 0 spiro atoms. The maximum atomic E-state index is 11.7. The van der Waals surface area contributed by atoms with Crippen LogP contribution in [0.4, 0.5) is 5.95 Å². The van der Waals surface area contributed by atoms with Gasteiger partial charge in [-0.2, -0.15) is 5.26 Å². The highest BCUT2D eigenvalue weighted by molar-refractivity contribution is 5.85. The van der Waals surface area contributed by atoms with Crippen molar-refractivity contribution in [3.8, 4) is 17.3 Å². The highest BCUT2D eigenvalue weighted by Crippen LogP contribution is 2.20. The average molecular weight is 278 g/mol. The average Bonchev–Trinajstić information content (AvgIpc) is 2.38. The first-order valence-electron chi connectivity index (χ1n) is 5.23. The highest BCUT2D eigenvalue weighted by atomic mass is 35.5. The molecule has 6 nitrogen and oxygen atoms in total. The molecule has 0 saturated heterocycles. The molecule has 2 aromatic rings. The van der Waals surface area contributed by atoms with E-state index >= 15 is 0 Å². The number of rotatable bonds is 2. The maximum Gasteiger partial charge on any atom is 0.270 e. The third-order valence-electron chi connectivity index (χ3n) is 2.49. The van der Waals surface area contributed by atoms with Gasteiger partial charge in [0.25, 0.3) is 5.56 Å². The van der Waals surface area contributed by atoms with Gasteiger partial charge in [-0.15, -0.1) is 12.4 Å². The van der Waals surface area contributed by atoms with Gasteiger partial charge in [-0.25, -0.2) is 10.8 Å². The molecule has 1 aromatic heterocycles. The lowest BCUT2D eigenvalue weighted by atomic mass is 10.1. The van der Waals surface area contributed by atoms with Crippen molar-refractivity contribution in [2.24, 2.45) is 5.84 Å². The highest BCUT2D eigenvalue weighted by Gasteiger charge is 2.12. The molecule has 0 atom stereocenters. The Labute approximate surface area is 115 Å². The molecule has 0 radical (unpaired) electrons. The zero-order valence-corrected chi connectivity index (χ0v) is 10.9. The maximum absolute atomic E-state index is 11.7. The third kappa shape index (κ3) is 2.91. The Hall–Kier alpha value is -2.36. The van der Waals surface area contributed by atoms with Crippen molar-refractivity contribution >= 4 is 18.4 Å². The van der Waals surface area contributed by atoms with Gasteiger partial charge in [-0.3, -0.25) is 15.2 Å². The molecule has 0 aliphatic carbocycles. The van der Waals surface area contributed by atoms with Gasteiger partial charge in [-0.1, -0.05) is 29.8 Å². The number of hydrogen-bond donors (Lipinski definition) is 3. The summed E-state index contributed by atoms with van der Waals surface area (Å²) in [5.41, 5.74) is 3.81. The van der Waals surface area contributed by atoms with Crippen LogP contribution in [0.5, 0.6) is 0 Å². The predicted octanol–water partition coefficient (Wildman–Crippen LogP) is 1.32. The van der Waals surface area contributed by atoms with Crippen molar-refractivity contribution in [3.63, 3.8) is 0 Å². The number of anilines is 1. The number of aromatic amines is 1. The normalized spacial score (nSPS) is 9.32. The molecule has 2 rings (SSSR count). The summed E-state index contributed by atoms with van der Waals surface area (Å²) in [6.45, 7) is 1.95. The van der Waals surface area contributed by atoms with E-state index in [2.05, 4.69) is 15.4 Å². The molecular formula is C12H12ClN5O. The van der Waals surface area contributed by atoms with Crippen LogP contribution in [0.3, 0.4) is 0 Å². The van der Waals surface area contributed by atoms with Crippen LogP contribution in [-0.2, 0) is 0 Å². The summed E-state index contributed by atoms with van der Waals surface area (Å²) in [6, 6.07) is 9.23. The lowest BCUT2D eigenvalue weighted by molar-refractivity contribution is 1.07. The number of hydrogen-bond acceptors (Lipinski definition) is 5. The van der Waals surface area contributed by atoms with E-state index in [1.807, 2.05) is 25.1 Å². The number of aromatic nitrogens is 2. The zero-order chi connectivity index (χ0) is 13.1. The molecule has 4 N–H and O–H groups in total. The van der Waals surface area contributed by atoms with Gasteiger partial charge >= 0.3 is 0 Å². The molecule has 0 unspecified atom stereocenters. The first-order valence-corrected chi connectivity index (χ1v) is 5.23. The van der Waals surface area contributed by atoms with E-state index in [0.29, 0.717) is 11.3 Å². The minimum atomic E-state index is -0.518. The number of benzene rings is 1. The topological polar surface area (TPSA) is 108 Å². The van der Waals surface area contributed by atoms with Crippen molar-refractivity contribution < 1.29 is 0 Å². The molecule has 0 amide bonds. The van der Waals surface area contributed by atoms with E-state index in [0.717, 1.165) is 5.56 Å². The summed E-state index contributed by atoms with van der Waals surface area (Å²) >= 11 is 0. The summed E-state index contributed by atoms with van der Waals surface area (Å²) in [6.07, 6.45) is 0. The van der Waals surface area contributed by atoms with Crippen LogP contribution in [0, 0.1) is 18.3 Å². The molecule has 1 aromatic carbocycles. The van der Waals surface area contributed by atoms with E-state index < -0.39 is 5.56 Å². The molecule has 1 heterocycles. The van der Waals surface area contributed by atoms with Crippen molar-refractivity contribution in [2.45, 2.75) is 6.92 Å². The molecular weight excluding hydrogens is 266 g/mol. The van der Waals surface area contributed by atoms with Crippen LogP contribution in [0.25, 0.3) is 11.3 Å². The van der Waals surface area contributed by atoms with Gasteiger partial charge in [-0.05, 0) is 6.92 Å². The van der Waals surface area contributed by atoms with Crippen LogP contribution in [0.2, 0.25) is 0 Å². The van der Waals surface area contributed by atoms with Gasteiger partial charge in [0.15, 0.2) is 0 Å². The minimum absolute atomic E-state index is 0. The van der Waals surface area contributed by atoms with Crippen molar-refractivity contribution in [3.05, 3.63) is 45.7 Å².